The van der Waals surface area contributed by atoms with E-state index < -0.39 is 0 Å². The SMILES string of the molecule is Cc1[nH]c2ccc(NC(=O)c3ccncn3)cc2c1C. The number of aromatic amines is 1. The number of fused-ring (bicyclic) bond motifs is 1. The molecule has 2 N–H and O–H groups in total. The molecule has 2 aromatic heterocycles. The molecule has 0 saturated carbocycles. The van der Waals surface area contributed by atoms with Crippen LogP contribution in [0.3, 0.4) is 0 Å². The van der Waals surface area contributed by atoms with E-state index in [0.717, 1.165) is 22.3 Å². The maximum atomic E-state index is 12.0. The number of carbonyl (C=O) groups is 1. The first kappa shape index (κ1) is 12.3. The first-order chi connectivity index (χ1) is 9.65. The van der Waals surface area contributed by atoms with Crippen molar-refractivity contribution < 1.29 is 4.79 Å². The van der Waals surface area contributed by atoms with Gasteiger partial charge in [-0.15, -0.1) is 0 Å². The molecule has 0 atom stereocenters. The van der Waals surface area contributed by atoms with Crippen LogP contribution >= 0.6 is 0 Å². The summed E-state index contributed by atoms with van der Waals surface area (Å²) in [4.78, 5) is 23.1. The first-order valence-electron chi connectivity index (χ1n) is 6.31. The molecule has 0 spiro atoms. The van der Waals surface area contributed by atoms with E-state index in [9.17, 15) is 4.79 Å². The Morgan fingerprint density at radius 1 is 1.25 bits per heavy atom. The molecule has 0 aliphatic heterocycles. The minimum atomic E-state index is -0.239. The Labute approximate surface area is 116 Å². The van der Waals surface area contributed by atoms with E-state index in [4.69, 9.17) is 0 Å². The number of aromatic nitrogens is 3. The predicted octanol–water partition coefficient (Wildman–Crippen LogP) is 2.83. The van der Waals surface area contributed by atoms with Gasteiger partial charge in [-0.3, -0.25) is 4.79 Å². The van der Waals surface area contributed by atoms with Gasteiger partial charge in [0.2, 0.25) is 0 Å². The van der Waals surface area contributed by atoms with Crippen molar-refractivity contribution >= 4 is 22.5 Å². The van der Waals surface area contributed by atoms with Crippen molar-refractivity contribution in [2.24, 2.45) is 0 Å². The van der Waals surface area contributed by atoms with Gasteiger partial charge in [-0.1, -0.05) is 0 Å². The predicted molar refractivity (Wildman–Crippen MR) is 77.8 cm³/mol. The summed E-state index contributed by atoms with van der Waals surface area (Å²) in [6.45, 7) is 4.10. The van der Waals surface area contributed by atoms with Crippen LogP contribution in [0.4, 0.5) is 5.69 Å². The number of H-pyrrole nitrogens is 1. The molecule has 100 valence electrons. The normalized spacial score (nSPS) is 10.7. The van der Waals surface area contributed by atoms with Gasteiger partial charge in [0, 0.05) is 28.5 Å². The van der Waals surface area contributed by atoms with Gasteiger partial charge < -0.3 is 10.3 Å². The highest BCUT2D eigenvalue weighted by molar-refractivity contribution is 6.04. The van der Waals surface area contributed by atoms with E-state index in [1.165, 1.54) is 11.9 Å². The summed E-state index contributed by atoms with van der Waals surface area (Å²) in [5.41, 5.74) is 4.50. The van der Waals surface area contributed by atoms with Gasteiger partial charge in [0.05, 0.1) is 0 Å². The van der Waals surface area contributed by atoms with Crippen molar-refractivity contribution in [1.82, 2.24) is 15.0 Å². The van der Waals surface area contributed by atoms with Crippen LogP contribution in [0.15, 0.2) is 36.8 Å². The number of hydrogen-bond donors (Lipinski definition) is 2. The molecule has 0 radical (unpaired) electrons. The van der Waals surface area contributed by atoms with Crippen molar-refractivity contribution in [2.45, 2.75) is 13.8 Å². The van der Waals surface area contributed by atoms with Crippen LogP contribution in [0.5, 0.6) is 0 Å². The van der Waals surface area contributed by atoms with E-state index in [1.54, 1.807) is 12.3 Å². The monoisotopic (exact) mass is 266 g/mol. The van der Waals surface area contributed by atoms with E-state index in [0.29, 0.717) is 5.69 Å². The van der Waals surface area contributed by atoms with Gasteiger partial charge in [0.15, 0.2) is 0 Å². The molecule has 0 fully saturated rings. The lowest BCUT2D eigenvalue weighted by molar-refractivity contribution is 0.102. The number of nitrogens with zero attached hydrogens (tertiary/aromatic N) is 2. The van der Waals surface area contributed by atoms with Gasteiger partial charge in [-0.25, -0.2) is 9.97 Å². The third kappa shape index (κ3) is 2.14. The maximum absolute atomic E-state index is 12.0. The fraction of sp³-hybridized carbons (Fsp3) is 0.133. The minimum Gasteiger partial charge on any atom is -0.358 e. The fourth-order valence-corrected chi connectivity index (χ4v) is 2.16. The zero-order valence-electron chi connectivity index (χ0n) is 11.3. The Hall–Kier alpha value is -2.69. The Morgan fingerprint density at radius 2 is 2.10 bits per heavy atom. The van der Waals surface area contributed by atoms with Gasteiger partial charge in [-0.2, -0.15) is 0 Å². The van der Waals surface area contributed by atoms with Gasteiger partial charge in [0.1, 0.15) is 12.0 Å². The van der Waals surface area contributed by atoms with E-state index in [2.05, 4.69) is 27.2 Å². The summed E-state index contributed by atoms with van der Waals surface area (Å²) in [7, 11) is 0. The fourth-order valence-electron chi connectivity index (χ4n) is 2.16. The van der Waals surface area contributed by atoms with Crippen LogP contribution in [0.1, 0.15) is 21.7 Å². The quantitative estimate of drug-likeness (QED) is 0.749. The Bertz CT molecular complexity index is 777. The molecule has 0 unspecified atom stereocenters. The van der Waals surface area contributed by atoms with Crippen molar-refractivity contribution in [2.75, 3.05) is 5.32 Å². The van der Waals surface area contributed by atoms with E-state index in [-0.39, 0.29) is 5.91 Å². The van der Waals surface area contributed by atoms with Crippen LogP contribution in [0.25, 0.3) is 10.9 Å². The number of anilines is 1. The lowest BCUT2D eigenvalue weighted by Crippen LogP contribution is -2.13. The zero-order valence-corrected chi connectivity index (χ0v) is 11.3. The topological polar surface area (TPSA) is 70.7 Å². The molecule has 3 rings (SSSR count). The summed E-state index contributed by atoms with van der Waals surface area (Å²) in [5, 5.41) is 3.96. The number of nitrogens with one attached hydrogen (secondary N) is 2. The third-order valence-electron chi connectivity index (χ3n) is 3.38. The highest BCUT2D eigenvalue weighted by Crippen LogP contribution is 2.24. The first-order valence-corrected chi connectivity index (χ1v) is 6.31. The largest absolute Gasteiger partial charge is 0.358 e. The summed E-state index contributed by atoms with van der Waals surface area (Å²) in [6.07, 6.45) is 2.91. The molecule has 1 amide bonds. The van der Waals surface area contributed by atoms with Crippen LogP contribution < -0.4 is 5.32 Å². The average molecular weight is 266 g/mol. The molecule has 1 aromatic carbocycles. The second-order valence-corrected chi connectivity index (χ2v) is 4.68. The molecule has 5 nitrogen and oxygen atoms in total. The molecule has 5 heteroatoms. The molecule has 2 heterocycles. The molecule has 3 aromatic rings. The van der Waals surface area contributed by atoms with Crippen LogP contribution in [0, 0.1) is 13.8 Å². The highest BCUT2D eigenvalue weighted by Gasteiger charge is 2.09. The second kappa shape index (κ2) is 4.77. The van der Waals surface area contributed by atoms with Crippen LogP contribution in [-0.4, -0.2) is 20.9 Å². The van der Waals surface area contributed by atoms with Gasteiger partial charge in [-0.05, 0) is 43.7 Å². The number of aryl methyl sites for hydroxylation is 2. The summed E-state index contributed by atoms with van der Waals surface area (Å²) >= 11 is 0. The number of rotatable bonds is 2. The Morgan fingerprint density at radius 3 is 2.85 bits per heavy atom. The molecule has 0 aliphatic carbocycles. The maximum Gasteiger partial charge on any atom is 0.274 e. The number of amides is 1. The van der Waals surface area contributed by atoms with Crippen molar-refractivity contribution in [3.8, 4) is 0 Å². The van der Waals surface area contributed by atoms with Gasteiger partial charge in [0.25, 0.3) is 5.91 Å². The number of benzene rings is 1. The zero-order chi connectivity index (χ0) is 14.1. The molecule has 0 saturated heterocycles. The molecule has 20 heavy (non-hydrogen) atoms. The van der Waals surface area contributed by atoms with E-state index >= 15 is 0 Å². The lowest BCUT2D eigenvalue weighted by Gasteiger charge is -2.04. The second-order valence-electron chi connectivity index (χ2n) is 4.68. The summed E-state index contributed by atoms with van der Waals surface area (Å²) in [5.74, 6) is -0.239. The number of hydrogen-bond acceptors (Lipinski definition) is 3. The summed E-state index contributed by atoms with van der Waals surface area (Å²) < 4.78 is 0. The average Bonchev–Trinajstić information content (AvgIpc) is 2.75. The Kier molecular flexibility index (Phi) is 2.95. The smallest absolute Gasteiger partial charge is 0.274 e. The highest BCUT2D eigenvalue weighted by atomic mass is 16.1. The van der Waals surface area contributed by atoms with E-state index in [1.807, 2.05) is 25.1 Å². The van der Waals surface area contributed by atoms with Crippen LogP contribution in [-0.2, 0) is 0 Å². The van der Waals surface area contributed by atoms with Crippen LogP contribution in [0.2, 0.25) is 0 Å². The summed E-state index contributed by atoms with van der Waals surface area (Å²) in [6, 6.07) is 7.38. The molecular formula is C15H14N4O. The number of carbonyl (C=O) groups excluding carboxylic acids is 1. The van der Waals surface area contributed by atoms with Crippen molar-refractivity contribution in [3.05, 3.63) is 53.7 Å². The molecule has 0 aliphatic rings. The lowest BCUT2D eigenvalue weighted by atomic mass is 10.1. The molecule has 0 bridgehead atoms. The Balaban J connectivity index is 1.91. The van der Waals surface area contributed by atoms with Crippen molar-refractivity contribution in [1.29, 1.82) is 0 Å². The molecular weight excluding hydrogens is 252 g/mol. The van der Waals surface area contributed by atoms with Gasteiger partial charge >= 0.3 is 0 Å². The van der Waals surface area contributed by atoms with Crippen molar-refractivity contribution in [3.63, 3.8) is 0 Å². The standard InChI is InChI=1S/C15H14N4O/c1-9-10(2)18-13-4-3-11(7-12(9)13)19-15(20)14-5-6-16-8-17-14/h3-8,18H,1-2H3,(H,19,20). The minimum absolute atomic E-state index is 0.239. The third-order valence-corrected chi connectivity index (χ3v) is 3.38.